The Morgan fingerprint density at radius 2 is 2.00 bits per heavy atom. The molecule has 2 rings (SSSR count). The number of hydrogen-bond acceptors (Lipinski definition) is 3. The summed E-state index contributed by atoms with van der Waals surface area (Å²) in [6, 6.07) is 8.34. The molecule has 5 nitrogen and oxygen atoms in total. The van der Waals surface area contributed by atoms with Gasteiger partial charge >= 0.3 is 0 Å². The molecule has 2 atom stereocenters. The maximum atomic E-state index is 12.1. The third-order valence-electron chi connectivity index (χ3n) is 3.34. The summed E-state index contributed by atoms with van der Waals surface area (Å²) >= 11 is 5.95. The average molecular weight is 335 g/mol. The van der Waals surface area contributed by atoms with Gasteiger partial charge in [-0.3, -0.25) is 9.59 Å². The van der Waals surface area contributed by atoms with Gasteiger partial charge in [0.25, 0.3) is 5.91 Å². The predicted octanol–water partition coefficient (Wildman–Crippen LogP) is 2.80. The fraction of sp³-hybridized carbons (Fsp3) is 0.294. The van der Waals surface area contributed by atoms with Gasteiger partial charge in [-0.05, 0) is 44.0 Å². The molecule has 0 spiro atoms. The van der Waals surface area contributed by atoms with Gasteiger partial charge in [0.2, 0.25) is 5.91 Å². The molecule has 23 heavy (non-hydrogen) atoms. The second-order valence-electron chi connectivity index (χ2n) is 5.45. The summed E-state index contributed by atoms with van der Waals surface area (Å²) in [4.78, 5) is 24.0. The molecule has 2 aromatic rings. The van der Waals surface area contributed by atoms with Crippen molar-refractivity contribution < 1.29 is 14.0 Å². The van der Waals surface area contributed by atoms with E-state index in [1.54, 1.807) is 13.0 Å². The van der Waals surface area contributed by atoms with Crippen molar-refractivity contribution in [3.63, 3.8) is 0 Å². The second kappa shape index (κ2) is 7.83. The topological polar surface area (TPSA) is 71.3 Å². The first-order valence-corrected chi connectivity index (χ1v) is 7.71. The van der Waals surface area contributed by atoms with E-state index in [2.05, 4.69) is 10.6 Å². The zero-order valence-electron chi connectivity index (χ0n) is 13.0. The lowest BCUT2D eigenvalue weighted by Gasteiger charge is -2.18. The first-order valence-electron chi connectivity index (χ1n) is 7.33. The van der Waals surface area contributed by atoms with E-state index in [4.69, 9.17) is 16.0 Å². The van der Waals surface area contributed by atoms with Crippen molar-refractivity contribution >= 4 is 23.4 Å². The number of hydrogen-bond donors (Lipinski definition) is 2. The molecule has 0 fully saturated rings. The van der Waals surface area contributed by atoms with Crippen LogP contribution in [0, 0.1) is 0 Å². The molecule has 0 saturated heterocycles. The molecule has 1 heterocycles. The zero-order valence-corrected chi connectivity index (χ0v) is 13.8. The highest BCUT2D eigenvalue weighted by Crippen LogP contribution is 2.12. The Kier molecular flexibility index (Phi) is 5.82. The van der Waals surface area contributed by atoms with Crippen LogP contribution < -0.4 is 10.6 Å². The molecule has 0 aliphatic heterocycles. The molecule has 0 saturated carbocycles. The second-order valence-corrected chi connectivity index (χ2v) is 5.89. The van der Waals surface area contributed by atoms with Gasteiger partial charge in [0.05, 0.1) is 11.8 Å². The Morgan fingerprint density at radius 3 is 2.65 bits per heavy atom. The molecule has 0 radical (unpaired) electrons. The van der Waals surface area contributed by atoms with E-state index in [0.29, 0.717) is 17.0 Å². The van der Waals surface area contributed by atoms with Gasteiger partial charge in [-0.25, -0.2) is 0 Å². The molecular formula is C17H19ClN2O3. The Bertz CT molecular complexity index is 670. The van der Waals surface area contributed by atoms with Crippen molar-refractivity contribution in [3.05, 3.63) is 59.0 Å². The van der Waals surface area contributed by atoms with E-state index >= 15 is 0 Å². The Hall–Kier alpha value is -2.27. The third kappa shape index (κ3) is 5.14. The molecule has 1 aromatic heterocycles. The lowest BCUT2D eigenvalue weighted by molar-refractivity contribution is -0.123. The van der Waals surface area contributed by atoms with Crippen LogP contribution in [0.5, 0.6) is 0 Å². The fourth-order valence-electron chi connectivity index (χ4n) is 2.18. The van der Waals surface area contributed by atoms with Crippen molar-refractivity contribution in [2.45, 2.75) is 32.4 Å². The normalized spacial score (nSPS) is 13.2. The summed E-state index contributed by atoms with van der Waals surface area (Å²) in [5.41, 5.74) is 1.43. The Labute approximate surface area is 140 Å². The van der Waals surface area contributed by atoms with E-state index in [1.165, 1.54) is 12.5 Å². The first kappa shape index (κ1) is 17.1. The number of halogens is 1. The van der Waals surface area contributed by atoms with E-state index in [0.717, 1.165) is 5.56 Å². The molecule has 2 N–H and O–H groups in total. The summed E-state index contributed by atoms with van der Waals surface area (Å²) < 4.78 is 4.85. The van der Waals surface area contributed by atoms with Crippen LogP contribution in [0.2, 0.25) is 5.02 Å². The van der Waals surface area contributed by atoms with Crippen LogP contribution >= 0.6 is 11.6 Å². The highest BCUT2D eigenvalue weighted by Gasteiger charge is 2.18. The summed E-state index contributed by atoms with van der Waals surface area (Å²) in [7, 11) is 0. The van der Waals surface area contributed by atoms with Gasteiger partial charge in [-0.1, -0.05) is 23.7 Å². The number of nitrogens with one attached hydrogen (secondary N) is 2. The Morgan fingerprint density at radius 1 is 1.22 bits per heavy atom. The van der Waals surface area contributed by atoms with Crippen LogP contribution in [0.4, 0.5) is 0 Å². The first-order chi connectivity index (χ1) is 11.0. The van der Waals surface area contributed by atoms with Crippen LogP contribution in [0.3, 0.4) is 0 Å². The van der Waals surface area contributed by atoms with Gasteiger partial charge in [-0.2, -0.15) is 0 Å². The number of furan rings is 1. The van der Waals surface area contributed by atoms with Gasteiger partial charge in [0, 0.05) is 11.1 Å². The quantitative estimate of drug-likeness (QED) is 0.853. The van der Waals surface area contributed by atoms with Gasteiger partial charge in [-0.15, -0.1) is 0 Å². The van der Waals surface area contributed by atoms with Crippen LogP contribution in [0.1, 0.15) is 29.8 Å². The van der Waals surface area contributed by atoms with Crippen LogP contribution in [-0.2, 0) is 11.2 Å². The summed E-state index contributed by atoms with van der Waals surface area (Å²) in [6.45, 7) is 3.54. The lowest BCUT2D eigenvalue weighted by Crippen LogP contribution is -2.47. The minimum atomic E-state index is -0.640. The van der Waals surface area contributed by atoms with Gasteiger partial charge in [0.15, 0.2) is 0 Å². The molecule has 6 heteroatoms. The maximum Gasteiger partial charge on any atom is 0.255 e. The minimum absolute atomic E-state index is 0.0748. The van der Waals surface area contributed by atoms with E-state index in [-0.39, 0.29) is 17.9 Å². The maximum absolute atomic E-state index is 12.1. The fourth-order valence-corrected chi connectivity index (χ4v) is 2.39. The molecule has 0 unspecified atom stereocenters. The summed E-state index contributed by atoms with van der Waals surface area (Å²) in [5, 5.41) is 6.17. The van der Waals surface area contributed by atoms with Crippen LogP contribution in [0.15, 0.2) is 47.3 Å². The summed E-state index contributed by atoms with van der Waals surface area (Å²) in [5.74, 6) is -0.583. The van der Waals surface area contributed by atoms with Crippen molar-refractivity contribution in [2.75, 3.05) is 0 Å². The Balaban J connectivity index is 1.84. The number of amides is 2. The standard InChI is InChI=1S/C17H19ClN2O3/c1-11(8-13-4-3-5-15(18)9-13)19-16(21)12(2)20-17(22)14-6-7-23-10-14/h3-7,9-12H,8H2,1-2H3,(H,19,21)(H,20,22)/t11-,12+/m0/s1. The SMILES string of the molecule is C[C@@H](Cc1cccc(Cl)c1)NC(=O)[C@@H](C)NC(=O)c1ccoc1. The molecule has 0 aliphatic carbocycles. The van der Waals surface area contributed by atoms with Crippen molar-refractivity contribution in [1.29, 1.82) is 0 Å². The molecule has 122 valence electrons. The molecule has 1 aromatic carbocycles. The zero-order chi connectivity index (χ0) is 16.8. The van der Waals surface area contributed by atoms with Crippen molar-refractivity contribution in [2.24, 2.45) is 0 Å². The highest BCUT2D eigenvalue weighted by atomic mass is 35.5. The number of carbonyl (C=O) groups is 2. The number of rotatable bonds is 6. The van der Waals surface area contributed by atoms with E-state index < -0.39 is 6.04 Å². The molecule has 0 aliphatic rings. The highest BCUT2D eigenvalue weighted by molar-refractivity contribution is 6.30. The summed E-state index contributed by atoms with van der Waals surface area (Å²) in [6.07, 6.45) is 3.41. The van der Waals surface area contributed by atoms with E-state index in [9.17, 15) is 9.59 Å². The third-order valence-corrected chi connectivity index (χ3v) is 3.58. The average Bonchev–Trinajstić information content (AvgIpc) is 3.01. The van der Waals surface area contributed by atoms with Crippen molar-refractivity contribution in [3.8, 4) is 0 Å². The number of benzene rings is 1. The lowest BCUT2D eigenvalue weighted by atomic mass is 10.1. The molecule has 0 bridgehead atoms. The minimum Gasteiger partial charge on any atom is -0.472 e. The van der Waals surface area contributed by atoms with Gasteiger partial charge in [0.1, 0.15) is 12.3 Å². The number of carbonyl (C=O) groups excluding carboxylic acids is 2. The predicted molar refractivity (Wildman–Crippen MR) is 88.4 cm³/mol. The monoisotopic (exact) mass is 334 g/mol. The van der Waals surface area contributed by atoms with Crippen molar-refractivity contribution in [1.82, 2.24) is 10.6 Å². The molecular weight excluding hydrogens is 316 g/mol. The van der Waals surface area contributed by atoms with E-state index in [1.807, 2.05) is 31.2 Å². The smallest absolute Gasteiger partial charge is 0.255 e. The van der Waals surface area contributed by atoms with Gasteiger partial charge < -0.3 is 15.1 Å². The van der Waals surface area contributed by atoms with Crippen LogP contribution in [-0.4, -0.2) is 23.9 Å². The molecule has 2 amide bonds. The largest absolute Gasteiger partial charge is 0.472 e. The van der Waals surface area contributed by atoms with Crippen LogP contribution in [0.25, 0.3) is 0 Å².